The van der Waals surface area contributed by atoms with E-state index in [0.29, 0.717) is 39.9 Å². The minimum Gasteiger partial charge on any atom is -0.493 e. The third-order valence-electron chi connectivity index (χ3n) is 4.73. The normalized spacial score (nSPS) is 11.8. The van der Waals surface area contributed by atoms with E-state index in [9.17, 15) is 13.2 Å². The quantitative estimate of drug-likeness (QED) is 0.524. The van der Waals surface area contributed by atoms with Gasteiger partial charge in [-0.15, -0.1) is 10.2 Å². The molecular weight excluding hydrogens is 399 g/mol. The maximum absolute atomic E-state index is 13.0. The highest BCUT2D eigenvalue weighted by Gasteiger charge is 2.30. The molecule has 0 unspecified atom stereocenters. The van der Waals surface area contributed by atoms with Crippen LogP contribution in [0.15, 0.2) is 36.4 Å². The van der Waals surface area contributed by atoms with Gasteiger partial charge in [-0.25, -0.2) is 0 Å². The van der Waals surface area contributed by atoms with Crippen LogP contribution in [0.5, 0.6) is 11.5 Å². The molecule has 0 saturated heterocycles. The summed E-state index contributed by atoms with van der Waals surface area (Å²) in [7, 11) is 3.06. The summed E-state index contributed by atoms with van der Waals surface area (Å²) in [5, 5.41) is 11.9. The Morgan fingerprint density at radius 2 is 1.77 bits per heavy atom. The molecular formula is C20H18F3N5O2. The molecule has 0 aliphatic heterocycles. The predicted octanol–water partition coefficient (Wildman–Crippen LogP) is 4.23. The first-order valence-electron chi connectivity index (χ1n) is 8.99. The van der Waals surface area contributed by atoms with Gasteiger partial charge in [0.25, 0.3) is 5.78 Å². The summed E-state index contributed by atoms with van der Waals surface area (Å²) < 4.78 is 51.5. The number of ether oxygens (including phenoxy) is 2. The maximum atomic E-state index is 13.0. The predicted molar refractivity (Wildman–Crippen MR) is 105 cm³/mol. The first kappa shape index (κ1) is 19.7. The van der Waals surface area contributed by atoms with Crippen LogP contribution in [0.25, 0.3) is 16.7 Å². The lowest BCUT2D eigenvalue weighted by atomic mass is 10.1. The highest BCUT2D eigenvalue weighted by molar-refractivity contribution is 5.93. The summed E-state index contributed by atoms with van der Waals surface area (Å²) in [5.74, 6) is 2.47. The van der Waals surface area contributed by atoms with Gasteiger partial charge in [-0.3, -0.25) is 4.40 Å². The number of nitrogens with zero attached hydrogens (tertiary/aromatic N) is 4. The van der Waals surface area contributed by atoms with Crippen molar-refractivity contribution >= 4 is 22.5 Å². The average molecular weight is 417 g/mol. The standard InChI is InChI=1S/C20H18F3N5O2/c1-11-26-27-19-25-18(24-10-12-5-4-6-13(7-12)20(21,22)23)14-8-16(29-2)17(30-3)9-15(14)28(11)19/h4-9H,10H2,1-3H3,(H,24,25,27). The number of anilines is 1. The number of aromatic nitrogens is 4. The number of hydrogen-bond donors (Lipinski definition) is 1. The zero-order valence-corrected chi connectivity index (χ0v) is 16.4. The number of hydrogen-bond acceptors (Lipinski definition) is 6. The van der Waals surface area contributed by atoms with Crippen molar-refractivity contribution in [1.29, 1.82) is 0 Å². The molecule has 156 valence electrons. The van der Waals surface area contributed by atoms with Crippen LogP contribution in [0, 0.1) is 6.92 Å². The SMILES string of the molecule is COc1cc2c(NCc3cccc(C(F)(F)F)c3)nc3nnc(C)n3c2cc1OC. The fraction of sp³-hybridized carbons (Fsp3) is 0.250. The lowest BCUT2D eigenvalue weighted by Crippen LogP contribution is -2.08. The van der Waals surface area contributed by atoms with Crippen molar-refractivity contribution in [3.63, 3.8) is 0 Å². The van der Waals surface area contributed by atoms with Gasteiger partial charge in [-0.1, -0.05) is 12.1 Å². The summed E-state index contributed by atoms with van der Waals surface area (Å²) in [6.07, 6.45) is -4.40. The van der Waals surface area contributed by atoms with Crippen LogP contribution >= 0.6 is 0 Å². The van der Waals surface area contributed by atoms with Crippen LogP contribution < -0.4 is 14.8 Å². The zero-order chi connectivity index (χ0) is 21.5. The van der Waals surface area contributed by atoms with Crippen LogP contribution in [0.1, 0.15) is 17.0 Å². The summed E-state index contributed by atoms with van der Waals surface area (Å²) in [6, 6.07) is 8.69. The van der Waals surface area contributed by atoms with E-state index in [1.54, 1.807) is 29.5 Å². The molecule has 0 saturated carbocycles. The zero-order valence-electron chi connectivity index (χ0n) is 16.4. The van der Waals surface area contributed by atoms with E-state index in [2.05, 4.69) is 20.5 Å². The third-order valence-corrected chi connectivity index (χ3v) is 4.73. The third kappa shape index (κ3) is 3.44. The van der Waals surface area contributed by atoms with Gasteiger partial charge in [0.05, 0.1) is 25.3 Å². The van der Waals surface area contributed by atoms with Crippen molar-refractivity contribution in [3.05, 3.63) is 53.3 Å². The molecule has 4 rings (SSSR count). The second-order valence-corrected chi connectivity index (χ2v) is 6.62. The molecule has 0 bridgehead atoms. The van der Waals surface area contributed by atoms with E-state index in [-0.39, 0.29) is 6.54 Å². The van der Waals surface area contributed by atoms with E-state index in [1.807, 2.05) is 0 Å². The van der Waals surface area contributed by atoms with Crippen LogP contribution in [-0.4, -0.2) is 33.8 Å². The minimum absolute atomic E-state index is 0.143. The van der Waals surface area contributed by atoms with Crippen LogP contribution in [0.3, 0.4) is 0 Å². The van der Waals surface area contributed by atoms with E-state index >= 15 is 0 Å². The van der Waals surface area contributed by atoms with Gasteiger partial charge in [0.15, 0.2) is 11.5 Å². The molecule has 0 atom stereocenters. The number of nitrogens with one attached hydrogen (secondary N) is 1. The number of halogens is 3. The molecule has 7 nitrogen and oxygen atoms in total. The van der Waals surface area contributed by atoms with E-state index in [0.717, 1.165) is 17.6 Å². The lowest BCUT2D eigenvalue weighted by molar-refractivity contribution is -0.137. The Labute approximate surface area is 169 Å². The number of aryl methyl sites for hydroxylation is 1. The number of rotatable bonds is 5. The van der Waals surface area contributed by atoms with Gasteiger partial charge < -0.3 is 14.8 Å². The summed E-state index contributed by atoms with van der Waals surface area (Å²) in [5.41, 5.74) is 0.499. The highest BCUT2D eigenvalue weighted by Crippen LogP contribution is 2.35. The van der Waals surface area contributed by atoms with Crippen molar-refractivity contribution in [3.8, 4) is 11.5 Å². The Balaban J connectivity index is 1.80. The van der Waals surface area contributed by atoms with Gasteiger partial charge in [0.2, 0.25) is 0 Å². The average Bonchev–Trinajstić information content (AvgIpc) is 3.11. The Bertz CT molecular complexity index is 1240. The monoisotopic (exact) mass is 417 g/mol. The molecule has 4 aromatic rings. The molecule has 2 aromatic carbocycles. The van der Waals surface area contributed by atoms with Crippen molar-refractivity contribution in [2.45, 2.75) is 19.6 Å². The lowest BCUT2D eigenvalue weighted by Gasteiger charge is -2.15. The van der Waals surface area contributed by atoms with Gasteiger partial charge in [0, 0.05) is 18.0 Å². The van der Waals surface area contributed by atoms with Crippen molar-refractivity contribution in [2.24, 2.45) is 0 Å². The number of fused-ring (bicyclic) bond motifs is 3. The molecule has 0 aliphatic carbocycles. The Morgan fingerprint density at radius 1 is 1.03 bits per heavy atom. The molecule has 2 heterocycles. The molecule has 30 heavy (non-hydrogen) atoms. The van der Waals surface area contributed by atoms with Crippen molar-refractivity contribution in [2.75, 3.05) is 19.5 Å². The Morgan fingerprint density at radius 3 is 2.47 bits per heavy atom. The van der Waals surface area contributed by atoms with Gasteiger partial charge in [-0.2, -0.15) is 18.2 Å². The van der Waals surface area contributed by atoms with E-state index in [1.165, 1.54) is 20.3 Å². The van der Waals surface area contributed by atoms with Crippen LogP contribution in [0.2, 0.25) is 0 Å². The molecule has 0 amide bonds. The second kappa shape index (κ2) is 7.36. The fourth-order valence-electron chi connectivity index (χ4n) is 3.29. The molecule has 0 radical (unpaired) electrons. The first-order chi connectivity index (χ1) is 14.3. The Kier molecular flexibility index (Phi) is 4.84. The van der Waals surface area contributed by atoms with E-state index in [4.69, 9.17) is 9.47 Å². The van der Waals surface area contributed by atoms with Gasteiger partial charge in [0.1, 0.15) is 11.6 Å². The van der Waals surface area contributed by atoms with Gasteiger partial charge >= 0.3 is 6.18 Å². The summed E-state index contributed by atoms with van der Waals surface area (Å²) in [6.45, 7) is 1.94. The highest BCUT2D eigenvalue weighted by atomic mass is 19.4. The molecule has 0 aliphatic rings. The van der Waals surface area contributed by atoms with Crippen LogP contribution in [0.4, 0.5) is 19.0 Å². The molecule has 0 spiro atoms. The first-order valence-corrected chi connectivity index (χ1v) is 8.99. The maximum Gasteiger partial charge on any atom is 0.416 e. The van der Waals surface area contributed by atoms with Gasteiger partial charge in [-0.05, 0) is 30.7 Å². The minimum atomic E-state index is -4.40. The molecule has 2 aromatic heterocycles. The van der Waals surface area contributed by atoms with E-state index < -0.39 is 11.7 Å². The Hall–Kier alpha value is -3.56. The van der Waals surface area contributed by atoms with Crippen LogP contribution in [-0.2, 0) is 12.7 Å². The molecule has 0 fully saturated rings. The second-order valence-electron chi connectivity index (χ2n) is 6.62. The number of alkyl halides is 3. The number of benzene rings is 2. The number of methoxy groups -OCH3 is 2. The molecule has 10 heteroatoms. The summed E-state index contributed by atoms with van der Waals surface area (Å²) >= 11 is 0. The van der Waals surface area contributed by atoms with Crippen molar-refractivity contribution < 1.29 is 22.6 Å². The topological polar surface area (TPSA) is 73.6 Å². The molecule has 1 N–H and O–H groups in total. The van der Waals surface area contributed by atoms with Crippen molar-refractivity contribution in [1.82, 2.24) is 19.6 Å². The smallest absolute Gasteiger partial charge is 0.416 e. The summed E-state index contributed by atoms with van der Waals surface area (Å²) in [4.78, 5) is 4.50. The fourth-order valence-corrected chi connectivity index (χ4v) is 3.29. The largest absolute Gasteiger partial charge is 0.493 e.